The summed E-state index contributed by atoms with van der Waals surface area (Å²) in [5.74, 6) is -4.58. The summed E-state index contributed by atoms with van der Waals surface area (Å²) in [6.07, 6.45) is -1.89. The van der Waals surface area contributed by atoms with Gasteiger partial charge in [-0.2, -0.15) is 0 Å². The lowest BCUT2D eigenvalue weighted by Gasteiger charge is -2.21. The first-order chi connectivity index (χ1) is 6.34. The molecule has 0 bridgehead atoms. The van der Waals surface area contributed by atoms with Crippen molar-refractivity contribution in [3.05, 3.63) is 0 Å². The van der Waals surface area contributed by atoms with Gasteiger partial charge in [0.1, 0.15) is 0 Å². The van der Waals surface area contributed by atoms with Crippen LogP contribution in [-0.4, -0.2) is 38.8 Å². The van der Waals surface area contributed by atoms with Crippen molar-refractivity contribution in [2.75, 3.05) is 0 Å². The van der Waals surface area contributed by atoms with E-state index in [9.17, 15) is 14.4 Å². The van der Waals surface area contributed by atoms with E-state index in [-0.39, 0.29) is 0 Å². The summed E-state index contributed by atoms with van der Waals surface area (Å²) in [5, 5.41) is 25.4. The van der Waals surface area contributed by atoms with Crippen LogP contribution >= 0.6 is 16.3 Å². The number of halogens is 1. The molecule has 0 amide bonds. The lowest BCUT2D eigenvalue weighted by Crippen LogP contribution is -2.43. The smallest absolute Gasteiger partial charge is 0.338 e. The van der Waals surface area contributed by atoms with Crippen molar-refractivity contribution in [1.82, 2.24) is 0 Å². The fraction of sp³-hybridized carbons (Fsp3) is 0.500. The van der Waals surface area contributed by atoms with Crippen molar-refractivity contribution >= 4 is 34.2 Å². The molecule has 0 rings (SSSR count). The van der Waals surface area contributed by atoms with Gasteiger partial charge in [0.2, 0.25) is 0 Å². The molecule has 0 fully saturated rings. The van der Waals surface area contributed by atoms with Gasteiger partial charge in [0, 0.05) is 0 Å². The first kappa shape index (κ1) is 12.8. The second-order valence-electron chi connectivity index (χ2n) is 2.52. The highest BCUT2D eigenvalue weighted by atomic mass is 79.9. The molecule has 0 heterocycles. The first-order valence-corrected chi connectivity index (χ1v) is 3.95. The number of carbonyl (C=O) groups is 3. The number of hydrogen-bond donors (Lipinski definition) is 3. The molecule has 0 aliphatic heterocycles. The highest BCUT2D eigenvalue weighted by Crippen LogP contribution is 2.24. The van der Waals surface area contributed by atoms with Crippen LogP contribution in [0.4, 0.5) is 0 Å². The van der Waals surface area contributed by atoms with Gasteiger partial charge in [-0.05, 0) is 0 Å². The summed E-state index contributed by atoms with van der Waals surface area (Å²) in [6.45, 7) is 0. The van der Waals surface area contributed by atoms with E-state index in [1.165, 1.54) is 0 Å². The number of rotatable bonds is 6. The summed E-state index contributed by atoms with van der Waals surface area (Å²) in [4.78, 5) is 31.2. The molecule has 8 heteroatoms. The van der Waals surface area contributed by atoms with E-state index >= 15 is 0 Å². The molecule has 0 saturated carbocycles. The van der Waals surface area contributed by atoms with Gasteiger partial charge >= 0.3 is 17.9 Å². The number of carboxylic acids is 3. The Morgan fingerprint density at radius 3 is 1.57 bits per heavy atom. The fourth-order valence-corrected chi connectivity index (χ4v) is 1.16. The molecule has 0 aromatic heterocycles. The zero-order valence-electron chi connectivity index (χ0n) is 6.77. The van der Waals surface area contributed by atoms with E-state index in [2.05, 4.69) is 20.1 Å². The van der Waals surface area contributed by atoms with Gasteiger partial charge in [-0.15, -0.1) is 0 Å². The van der Waals surface area contributed by atoms with E-state index in [4.69, 9.17) is 15.3 Å². The van der Waals surface area contributed by atoms with Crippen LogP contribution in [-0.2, 0) is 18.2 Å². The molecule has 7 nitrogen and oxygen atoms in total. The summed E-state index contributed by atoms with van der Waals surface area (Å²) < 4.78 is 4.27. The summed E-state index contributed by atoms with van der Waals surface area (Å²) >= 11 is 2.32. The van der Waals surface area contributed by atoms with Crippen LogP contribution in [0.3, 0.4) is 0 Å². The zero-order chi connectivity index (χ0) is 11.4. The van der Waals surface area contributed by atoms with Crippen LogP contribution in [0.25, 0.3) is 0 Å². The molecule has 14 heavy (non-hydrogen) atoms. The molecule has 0 aliphatic carbocycles. The molecule has 0 aromatic rings. The predicted molar refractivity (Wildman–Crippen MR) is 44.9 cm³/mol. The van der Waals surface area contributed by atoms with Gasteiger partial charge in [-0.3, -0.25) is 13.4 Å². The third-order valence-corrected chi connectivity index (χ3v) is 2.03. The topological polar surface area (TPSA) is 121 Å². The van der Waals surface area contributed by atoms with Crippen LogP contribution in [0.2, 0.25) is 0 Å². The van der Waals surface area contributed by atoms with Crippen LogP contribution in [0, 0.1) is 0 Å². The monoisotopic (exact) mass is 270 g/mol. The van der Waals surface area contributed by atoms with Crippen molar-refractivity contribution in [3.63, 3.8) is 0 Å². The average molecular weight is 271 g/mol. The van der Waals surface area contributed by atoms with Gasteiger partial charge in [0.05, 0.1) is 29.1 Å². The Kier molecular flexibility index (Phi) is 4.51. The van der Waals surface area contributed by atoms with E-state index in [0.29, 0.717) is 0 Å². The standard InChI is InChI=1S/C6H7BrO7/c7-14-6(5(12)13,1-3(8)9)2-4(10)11/h1-2H2,(H,8,9)(H,10,11)(H,12,13). The Bertz CT molecular complexity index is 245. The second kappa shape index (κ2) is 4.91. The van der Waals surface area contributed by atoms with Crippen molar-refractivity contribution in [3.8, 4) is 0 Å². The molecule has 0 aromatic carbocycles. The van der Waals surface area contributed by atoms with E-state index in [1.54, 1.807) is 0 Å². The minimum absolute atomic E-state index is 0.945. The molecule has 0 spiro atoms. The van der Waals surface area contributed by atoms with E-state index in [1.807, 2.05) is 0 Å². The summed E-state index contributed by atoms with van der Waals surface area (Å²) in [6, 6.07) is 0. The normalized spacial score (nSPS) is 10.9. The summed E-state index contributed by atoms with van der Waals surface area (Å²) in [7, 11) is 0. The minimum Gasteiger partial charge on any atom is -0.481 e. The van der Waals surface area contributed by atoms with Gasteiger partial charge in [0.15, 0.2) is 5.60 Å². The van der Waals surface area contributed by atoms with E-state index in [0.717, 1.165) is 0 Å². The van der Waals surface area contributed by atoms with Crippen LogP contribution in [0.15, 0.2) is 0 Å². The highest BCUT2D eigenvalue weighted by molar-refractivity contribution is 9.06. The molecule has 80 valence electrons. The maximum Gasteiger partial charge on any atom is 0.338 e. The Balaban J connectivity index is 4.87. The molecule has 0 aliphatic rings. The molecule has 0 saturated heterocycles. The molecule has 3 N–H and O–H groups in total. The summed E-state index contributed by atoms with van der Waals surface area (Å²) in [5.41, 5.74) is -2.28. The Morgan fingerprint density at radius 2 is 1.43 bits per heavy atom. The average Bonchev–Trinajstić information content (AvgIpc) is 2.00. The molecular weight excluding hydrogens is 264 g/mol. The van der Waals surface area contributed by atoms with Gasteiger partial charge in [0.25, 0.3) is 0 Å². The maximum absolute atomic E-state index is 10.6. The van der Waals surface area contributed by atoms with Gasteiger partial charge in [-0.25, -0.2) is 4.79 Å². The predicted octanol–water partition coefficient (Wildman–Crippen LogP) is 0.0857. The van der Waals surface area contributed by atoms with Crippen LogP contribution in [0.5, 0.6) is 0 Å². The largest absolute Gasteiger partial charge is 0.481 e. The molecular formula is C6H7BrO7. The first-order valence-electron chi connectivity index (χ1n) is 3.31. The second-order valence-corrected chi connectivity index (χ2v) is 2.84. The van der Waals surface area contributed by atoms with E-state index < -0.39 is 36.4 Å². The minimum atomic E-state index is -2.28. The lowest BCUT2D eigenvalue weighted by molar-refractivity contribution is -0.165. The lowest BCUT2D eigenvalue weighted by atomic mass is 9.96. The van der Waals surface area contributed by atoms with Crippen molar-refractivity contribution < 1.29 is 33.5 Å². The van der Waals surface area contributed by atoms with Gasteiger partial charge in [-0.1, -0.05) is 0 Å². The van der Waals surface area contributed by atoms with Crippen LogP contribution < -0.4 is 0 Å². The molecule has 0 unspecified atom stereocenters. The Hall–Kier alpha value is -1.15. The number of carboxylic acid groups (broad SMARTS) is 3. The number of aliphatic carboxylic acids is 3. The number of hydrogen-bond acceptors (Lipinski definition) is 4. The molecule has 0 radical (unpaired) electrons. The Labute approximate surface area is 86.7 Å². The van der Waals surface area contributed by atoms with Gasteiger partial charge < -0.3 is 15.3 Å². The third-order valence-electron chi connectivity index (χ3n) is 1.41. The van der Waals surface area contributed by atoms with Crippen LogP contribution in [0.1, 0.15) is 12.8 Å². The maximum atomic E-state index is 10.6. The molecule has 0 atom stereocenters. The third kappa shape index (κ3) is 3.30. The SMILES string of the molecule is O=C(O)CC(CC(=O)O)(OBr)C(=O)O. The van der Waals surface area contributed by atoms with Crippen molar-refractivity contribution in [2.24, 2.45) is 0 Å². The fourth-order valence-electron chi connectivity index (χ4n) is 0.790. The quantitative estimate of drug-likeness (QED) is 0.625. The zero-order valence-corrected chi connectivity index (χ0v) is 8.35. The Morgan fingerprint density at radius 1 is 1.07 bits per heavy atom. The van der Waals surface area contributed by atoms with Crippen molar-refractivity contribution in [1.29, 1.82) is 0 Å². The highest BCUT2D eigenvalue weighted by Gasteiger charge is 2.44. The van der Waals surface area contributed by atoms with Crippen molar-refractivity contribution in [2.45, 2.75) is 18.4 Å².